The minimum atomic E-state index is -0.992. The van der Waals surface area contributed by atoms with E-state index in [-0.39, 0.29) is 12.5 Å². The summed E-state index contributed by atoms with van der Waals surface area (Å²) < 4.78 is 0. The van der Waals surface area contributed by atoms with E-state index in [9.17, 15) is 9.90 Å². The van der Waals surface area contributed by atoms with Gasteiger partial charge in [-0.2, -0.15) is 0 Å². The Morgan fingerprint density at radius 1 is 1.31 bits per heavy atom. The van der Waals surface area contributed by atoms with Crippen molar-refractivity contribution in [1.82, 2.24) is 0 Å². The smallest absolute Gasteiger partial charge is 0.117 e. The normalized spacial score (nSPS) is 12.7. The number of carboxylic acid groups (broad SMARTS) is 1. The molecular formula is C13H19NO2. The fraction of sp³-hybridized carbons (Fsp3) is 0.462. The predicted molar refractivity (Wildman–Crippen MR) is 60.4 cm³/mol. The second-order valence-corrected chi connectivity index (χ2v) is 4.46. The lowest BCUT2D eigenvalue weighted by Gasteiger charge is -2.17. The number of hydrogen-bond donors (Lipinski definition) is 1. The Kier molecular flexibility index (Phi) is 4.99. The van der Waals surface area contributed by atoms with Crippen LogP contribution in [0.5, 0.6) is 0 Å². The van der Waals surface area contributed by atoms with Crippen molar-refractivity contribution < 1.29 is 15.2 Å². The fourth-order valence-corrected chi connectivity index (χ4v) is 1.65. The van der Waals surface area contributed by atoms with Gasteiger partial charge in [0.2, 0.25) is 0 Å². The monoisotopic (exact) mass is 221 g/mol. The lowest BCUT2D eigenvalue weighted by molar-refractivity contribution is -0.700. The summed E-state index contributed by atoms with van der Waals surface area (Å²) in [4.78, 5) is 10.7. The maximum atomic E-state index is 10.7. The maximum Gasteiger partial charge on any atom is 0.117 e. The molecule has 0 aliphatic heterocycles. The van der Waals surface area contributed by atoms with Crippen LogP contribution in [0.15, 0.2) is 30.3 Å². The highest BCUT2D eigenvalue weighted by Gasteiger charge is 2.15. The van der Waals surface area contributed by atoms with Gasteiger partial charge in [-0.15, -0.1) is 0 Å². The first-order valence-corrected chi connectivity index (χ1v) is 5.67. The van der Waals surface area contributed by atoms with Crippen LogP contribution in [0.25, 0.3) is 0 Å². The molecule has 3 nitrogen and oxygen atoms in total. The van der Waals surface area contributed by atoms with Crippen molar-refractivity contribution in [2.75, 3.05) is 6.54 Å². The first-order chi connectivity index (χ1) is 7.59. The lowest BCUT2D eigenvalue weighted by atomic mass is 10.0. The van der Waals surface area contributed by atoms with Gasteiger partial charge < -0.3 is 15.2 Å². The standard InChI is InChI=1S/C13H19NO2/c1-10(2)9-14-12(8-13(15)16)11-6-4-3-5-7-11/h3-7,10,12,14H,8-9H2,1-2H3,(H,15,16)/t12-/m1/s1. The molecule has 0 unspecified atom stereocenters. The molecule has 1 atom stereocenters. The van der Waals surface area contributed by atoms with E-state index in [1.807, 2.05) is 30.3 Å². The second-order valence-electron chi connectivity index (χ2n) is 4.46. The van der Waals surface area contributed by atoms with Gasteiger partial charge in [0.15, 0.2) is 0 Å². The van der Waals surface area contributed by atoms with Gasteiger partial charge in [0, 0.05) is 23.9 Å². The van der Waals surface area contributed by atoms with Crippen LogP contribution >= 0.6 is 0 Å². The molecule has 88 valence electrons. The van der Waals surface area contributed by atoms with Crippen LogP contribution in [0.1, 0.15) is 31.9 Å². The summed E-state index contributed by atoms with van der Waals surface area (Å²) in [7, 11) is 0. The van der Waals surface area contributed by atoms with E-state index in [4.69, 9.17) is 0 Å². The third kappa shape index (κ3) is 4.45. The molecule has 0 aromatic heterocycles. The van der Waals surface area contributed by atoms with E-state index in [1.54, 1.807) is 0 Å². The van der Waals surface area contributed by atoms with Gasteiger partial charge in [0.1, 0.15) is 6.04 Å². The van der Waals surface area contributed by atoms with Crippen molar-refractivity contribution in [3.63, 3.8) is 0 Å². The summed E-state index contributed by atoms with van der Waals surface area (Å²) >= 11 is 0. The van der Waals surface area contributed by atoms with Crippen LogP contribution < -0.4 is 10.4 Å². The van der Waals surface area contributed by atoms with Crippen LogP contribution in [0.3, 0.4) is 0 Å². The molecule has 0 saturated heterocycles. The van der Waals surface area contributed by atoms with Gasteiger partial charge >= 0.3 is 0 Å². The number of carbonyl (C=O) groups is 1. The van der Waals surface area contributed by atoms with Gasteiger partial charge in [-0.1, -0.05) is 44.2 Å². The van der Waals surface area contributed by atoms with Gasteiger partial charge in [-0.25, -0.2) is 0 Å². The van der Waals surface area contributed by atoms with Crippen molar-refractivity contribution in [3.05, 3.63) is 35.9 Å². The molecular weight excluding hydrogens is 202 g/mol. The minimum absolute atomic E-state index is 0.0337. The number of rotatable bonds is 6. The molecule has 0 fully saturated rings. The molecule has 1 aromatic carbocycles. The number of carbonyl (C=O) groups excluding carboxylic acids is 1. The van der Waals surface area contributed by atoms with E-state index in [0.29, 0.717) is 5.92 Å². The number of carboxylic acids is 1. The van der Waals surface area contributed by atoms with Crippen LogP contribution in [0.4, 0.5) is 0 Å². The summed E-state index contributed by atoms with van der Waals surface area (Å²) in [5, 5.41) is 12.8. The van der Waals surface area contributed by atoms with Crippen molar-refractivity contribution in [3.8, 4) is 0 Å². The molecule has 16 heavy (non-hydrogen) atoms. The summed E-state index contributed by atoms with van der Waals surface area (Å²) in [6.07, 6.45) is 0.0662. The molecule has 1 aromatic rings. The molecule has 3 heteroatoms. The van der Waals surface area contributed by atoms with Gasteiger partial charge in [-0.3, -0.25) is 0 Å². The lowest BCUT2D eigenvalue weighted by Crippen LogP contribution is -2.86. The highest BCUT2D eigenvalue weighted by atomic mass is 16.4. The van der Waals surface area contributed by atoms with Crippen LogP contribution in [-0.2, 0) is 4.79 Å². The Balaban J connectivity index is 2.67. The largest absolute Gasteiger partial charge is 0.550 e. The molecule has 0 spiro atoms. The molecule has 0 bridgehead atoms. The zero-order valence-corrected chi connectivity index (χ0v) is 9.85. The second kappa shape index (κ2) is 6.28. The van der Waals surface area contributed by atoms with Gasteiger partial charge in [0.25, 0.3) is 0 Å². The van der Waals surface area contributed by atoms with Crippen LogP contribution in [-0.4, -0.2) is 12.5 Å². The average molecular weight is 221 g/mol. The highest BCUT2D eigenvalue weighted by molar-refractivity contribution is 5.65. The van der Waals surface area contributed by atoms with E-state index in [1.165, 1.54) is 0 Å². The van der Waals surface area contributed by atoms with Crippen LogP contribution in [0.2, 0.25) is 0 Å². The summed E-state index contributed by atoms with van der Waals surface area (Å²) in [5.74, 6) is -0.443. The number of hydrogen-bond acceptors (Lipinski definition) is 2. The number of quaternary nitrogens is 1. The molecule has 0 heterocycles. The summed E-state index contributed by atoms with van der Waals surface area (Å²) in [5.41, 5.74) is 1.05. The number of nitrogens with two attached hydrogens (primary N) is 1. The Bertz CT molecular complexity index is 322. The fourth-order valence-electron chi connectivity index (χ4n) is 1.65. The molecule has 0 amide bonds. The molecule has 1 rings (SSSR count). The van der Waals surface area contributed by atoms with Crippen molar-refractivity contribution in [2.45, 2.75) is 26.3 Å². The van der Waals surface area contributed by atoms with Gasteiger partial charge in [-0.05, 0) is 0 Å². The highest BCUT2D eigenvalue weighted by Crippen LogP contribution is 2.11. The molecule has 0 saturated carbocycles. The molecule has 2 N–H and O–H groups in total. The van der Waals surface area contributed by atoms with Crippen molar-refractivity contribution >= 4 is 5.97 Å². The summed E-state index contributed by atoms with van der Waals surface area (Å²) in [6.45, 7) is 5.17. The zero-order chi connectivity index (χ0) is 12.0. The number of benzene rings is 1. The first-order valence-electron chi connectivity index (χ1n) is 5.67. The third-order valence-electron chi connectivity index (χ3n) is 2.51. The molecule has 0 radical (unpaired) electrons. The first kappa shape index (κ1) is 12.7. The van der Waals surface area contributed by atoms with E-state index in [0.717, 1.165) is 12.1 Å². The maximum absolute atomic E-state index is 10.7. The van der Waals surface area contributed by atoms with Gasteiger partial charge in [0.05, 0.1) is 6.54 Å². The predicted octanol–water partition coefficient (Wildman–Crippen LogP) is 0.0871. The Morgan fingerprint density at radius 2 is 1.94 bits per heavy atom. The minimum Gasteiger partial charge on any atom is -0.550 e. The third-order valence-corrected chi connectivity index (χ3v) is 2.51. The Labute approximate surface area is 96.5 Å². The number of aliphatic carboxylic acids is 1. The molecule has 0 aliphatic carbocycles. The topological polar surface area (TPSA) is 56.7 Å². The van der Waals surface area contributed by atoms with E-state index in [2.05, 4.69) is 19.2 Å². The average Bonchev–Trinajstić information content (AvgIpc) is 2.25. The quantitative estimate of drug-likeness (QED) is 0.740. The Morgan fingerprint density at radius 3 is 2.44 bits per heavy atom. The Hall–Kier alpha value is -1.35. The van der Waals surface area contributed by atoms with E-state index >= 15 is 0 Å². The van der Waals surface area contributed by atoms with Crippen molar-refractivity contribution in [1.29, 1.82) is 0 Å². The van der Waals surface area contributed by atoms with Crippen LogP contribution in [0, 0.1) is 5.92 Å². The zero-order valence-electron chi connectivity index (χ0n) is 9.85. The SMILES string of the molecule is CC(C)C[NH2+][C@H](CC(=O)[O-])c1ccccc1. The van der Waals surface area contributed by atoms with E-state index < -0.39 is 5.97 Å². The summed E-state index contributed by atoms with van der Waals surface area (Å²) in [6, 6.07) is 9.69. The molecule has 0 aliphatic rings. The van der Waals surface area contributed by atoms with Crippen molar-refractivity contribution in [2.24, 2.45) is 5.92 Å².